The number of Topliss-reactive ketones (excluding diaryl/α,β-unsaturated/α-hetero) is 1. The minimum absolute atomic E-state index is 0. The van der Waals surface area contributed by atoms with Crippen molar-refractivity contribution in [3.63, 3.8) is 0 Å². The molecular weight excluding hydrogens is 582 g/mol. The van der Waals surface area contributed by atoms with E-state index in [0.717, 1.165) is 6.07 Å². The van der Waals surface area contributed by atoms with Gasteiger partial charge in [0.15, 0.2) is 0 Å². The Bertz CT molecular complexity index is 1390. The Hall–Kier alpha value is -3.28. The molecule has 0 radical (unpaired) electrons. The average Bonchev–Trinajstić information content (AvgIpc) is 2.87. The van der Waals surface area contributed by atoms with Gasteiger partial charge >= 0.3 is 12.1 Å². The van der Waals surface area contributed by atoms with Gasteiger partial charge in [0.25, 0.3) is 5.78 Å². The number of aromatic nitrogens is 2. The summed E-state index contributed by atoms with van der Waals surface area (Å²) in [6.45, 7) is 0.973. The van der Waals surface area contributed by atoms with Crippen LogP contribution in [0.5, 0.6) is 0 Å². The molecule has 4 rings (SSSR count). The molecule has 3 N–H and O–H groups in total. The zero-order chi connectivity index (χ0) is 27.6. The van der Waals surface area contributed by atoms with E-state index in [-0.39, 0.29) is 29.8 Å². The first-order valence-electron chi connectivity index (χ1n) is 11.4. The van der Waals surface area contributed by atoms with Crippen LogP contribution < -0.4 is 16.0 Å². The summed E-state index contributed by atoms with van der Waals surface area (Å²) < 4.78 is 43.3. The molecule has 2 aromatic heterocycles. The molecule has 0 spiro atoms. The van der Waals surface area contributed by atoms with Crippen LogP contribution >= 0.6 is 35.6 Å². The molecule has 208 valence electrons. The lowest BCUT2D eigenvalue weighted by atomic mass is 10.0. The van der Waals surface area contributed by atoms with Gasteiger partial charge in [0.05, 0.1) is 23.4 Å². The summed E-state index contributed by atoms with van der Waals surface area (Å²) in [5.41, 5.74) is 6.36. The quantitative estimate of drug-likeness (QED) is 0.258. The van der Waals surface area contributed by atoms with Crippen LogP contribution in [0.1, 0.15) is 33.6 Å². The van der Waals surface area contributed by atoms with E-state index in [1.165, 1.54) is 13.2 Å². The van der Waals surface area contributed by atoms with Crippen molar-refractivity contribution in [2.75, 3.05) is 36.1 Å². The maximum atomic E-state index is 12.8. The zero-order valence-corrected chi connectivity index (χ0v) is 22.7. The largest absolute Gasteiger partial charge is 0.465 e. The van der Waals surface area contributed by atoms with Crippen LogP contribution in [0.3, 0.4) is 0 Å². The van der Waals surface area contributed by atoms with E-state index in [0.29, 0.717) is 53.1 Å². The number of pyridine rings is 2. The molecule has 1 atom stereocenters. The number of nitrogen functional groups attached to an aromatic ring is 1. The number of hydrogen-bond donors (Lipinski definition) is 2. The normalized spacial score (nSPS) is 15.3. The number of nitrogens with zero attached hydrogens (tertiary/aromatic N) is 3. The fourth-order valence-electron chi connectivity index (χ4n) is 4.20. The van der Waals surface area contributed by atoms with Gasteiger partial charge in [0.2, 0.25) is 0 Å². The van der Waals surface area contributed by atoms with E-state index in [4.69, 9.17) is 38.7 Å². The minimum Gasteiger partial charge on any atom is -0.465 e. The summed E-state index contributed by atoms with van der Waals surface area (Å²) in [6, 6.07) is 10.4. The number of hydrogen-bond acceptors (Lipinski definition) is 8. The molecule has 1 aromatic carbocycles. The number of ether oxygens (including phenoxy) is 1. The number of methoxy groups -OCH3 is 1. The number of rotatable bonds is 6. The Morgan fingerprint density at radius 2 is 1.82 bits per heavy atom. The highest BCUT2D eigenvalue weighted by Crippen LogP contribution is 2.33. The molecule has 1 saturated heterocycles. The van der Waals surface area contributed by atoms with Crippen molar-refractivity contribution in [1.82, 2.24) is 9.97 Å². The van der Waals surface area contributed by atoms with Gasteiger partial charge in [-0.15, -0.1) is 12.4 Å². The molecule has 1 fully saturated rings. The third-order valence-electron chi connectivity index (χ3n) is 5.99. The second kappa shape index (κ2) is 12.3. The Morgan fingerprint density at radius 1 is 1.10 bits per heavy atom. The summed E-state index contributed by atoms with van der Waals surface area (Å²) in [4.78, 5) is 34.6. The third-order valence-corrected chi connectivity index (χ3v) is 6.54. The van der Waals surface area contributed by atoms with Crippen LogP contribution in [0.25, 0.3) is 11.3 Å². The number of carbonyl (C=O) groups is 2. The van der Waals surface area contributed by atoms with Crippen molar-refractivity contribution in [2.45, 2.75) is 25.1 Å². The molecule has 3 heterocycles. The van der Waals surface area contributed by atoms with Crippen molar-refractivity contribution in [3.05, 3.63) is 63.6 Å². The first-order chi connectivity index (χ1) is 18.0. The summed E-state index contributed by atoms with van der Waals surface area (Å²) >= 11 is 12.4. The first-order valence-corrected chi connectivity index (χ1v) is 12.2. The third kappa shape index (κ3) is 6.84. The molecule has 3 aromatic rings. The number of benzene rings is 1. The van der Waals surface area contributed by atoms with Gasteiger partial charge in [0, 0.05) is 29.7 Å². The highest BCUT2D eigenvalue weighted by molar-refractivity contribution is 6.36. The van der Waals surface area contributed by atoms with Crippen LogP contribution in [0, 0.1) is 0 Å². The van der Waals surface area contributed by atoms with E-state index in [1.54, 1.807) is 30.3 Å². The molecular formula is C25H23Cl3F3N5O3. The van der Waals surface area contributed by atoms with Gasteiger partial charge in [-0.3, -0.25) is 4.79 Å². The van der Waals surface area contributed by atoms with Crippen LogP contribution in [-0.4, -0.2) is 54.1 Å². The Morgan fingerprint density at radius 3 is 2.46 bits per heavy atom. The predicted molar refractivity (Wildman–Crippen MR) is 146 cm³/mol. The monoisotopic (exact) mass is 603 g/mol. The minimum atomic E-state index is -5.05. The molecule has 0 bridgehead atoms. The SMILES string of the molecule is COC(=O)c1ccc(-c2ccc(Cl)cc2Cl)nc1N1CCCC(Nc2ccc(C(=O)C(F)(F)F)c(N)n2)C1.Cl. The van der Waals surface area contributed by atoms with Gasteiger partial charge in [0.1, 0.15) is 23.0 Å². The van der Waals surface area contributed by atoms with E-state index >= 15 is 0 Å². The summed E-state index contributed by atoms with van der Waals surface area (Å²) in [6.07, 6.45) is -3.63. The fraction of sp³-hybridized carbons (Fsp3) is 0.280. The standard InChI is InChI=1S/C25H22Cl2F3N5O3.ClH/c1-38-24(37)17-6-8-19(15-5-4-13(26)11-18(15)27)33-23(17)35-10-2-3-14(12-35)32-20-9-7-16(22(31)34-20)21(36)25(28,29)30;/h4-9,11,14H,2-3,10,12H2,1H3,(H3,31,32,34);1H. The van der Waals surface area contributed by atoms with Gasteiger partial charge in [-0.1, -0.05) is 23.2 Å². The lowest BCUT2D eigenvalue weighted by Crippen LogP contribution is -2.43. The van der Waals surface area contributed by atoms with Crippen LogP contribution in [-0.2, 0) is 4.74 Å². The number of carbonyl (C=O) groups excluding carboxylic acids is 2. The number of piperidine rings is 1. The zero-order valence-electron chi connectivity index (χ0n) is 20.4. The van der Waals surface area contributed by atoms with Crippen molar-refractivity contribution in [3.8, 4) is 11.3 Å². The van der Waals surface area contributed by atoms with Crippen molar-refractivity contribution < 1.29 is 27.5 Å². The molecule has 14 heteroatoms. The maximum absolute atomic E-state index is 12.8. The predicted octanol–water partition coefficient (Wildman–Crippen LogP) is 6.07. The van der Waals surface area contributed by atoms with Crippen molar-refractivity contribution >= 4 is 64.8 Å². The average molecular weight is 605 g/mol. The summed E-state index contributed by atoms with van der Waals surface area (Å²) in [5.74, 6) is -2.52. The summed E-state index contributed by atoms with van der Waals surface area (Å²) in [5, 5.41) is 4.02. The van der Waals surface area contributed by atoms with Crippen molar-refractivity contribution in [2.24, 2.45) is 0 Å². The van der Waals surface area contributed by atoms with Crippen molar-refractivity contribution in [1.29, 1.82) is 0 Å². The van der Waals surface area contributed by atoms with E-state index < -0.39 is 29.3 Å². The number of nitrogens with one attached hydrogen (secondary N) is 1. The number of anilines is 3. The highest BCUT2D eigenvalue weighted by Gasteiger charge is 2.40. The molecule has 8 nitrogen and oxygen atoms in total. The van der Waals surface area contributed by atoms with Gasteiger partial charge in [-0.2, -0.15) is 13.2 Å². The smallest absolute Gasteiger partial charge is 0.455 e. The number of ketones is 1. The topological polar surface area (TPSA) is 110 Å². The Labute approximate surface area is 238 Å². The molecule has 0 saturated carbocycles. The lowest BCUT2D eigenvalue weighted by molar-refractivity contribution is -0.0884. The molecule has 0 amide bonds. The molecule has 1 unspecified atom stereocenters. The van der Waals surface area contributed by atoms with Crippen LogP contribution in [0.15, 0.2) is 42.5 Å². The second-order valence-electron chi connectivity index (χ2n) is 8.57. The molecule has 0 aliphatic carbocycles. The number of esters is 1. The Balaban J connectivity index is 0.00000420. The van der Waals surface area contributed by atoms with Gasteiger partial charge < -0.3 is 20.7 Å². The first kappa shape index (κ1) is 30.3. The van der Waals surface area contributed by atoms with Crippen LogP contribution in [0.4, 0.5) is 30.6 Å². The molecule has 1 aliphatic heterocycles. The van der Waals surface area contributed by atoms with E-state index in [1.807, 2.05) is 4.90 Å². The van der Waals surface area contributed by atoms with E-state index in [2.05, 4.69) is 10.3 Å². The van der Waals surface area contributed by atoms with E-state index in [9.17, 15) is 22.8 Å². The fourth-order valence-corrected chi connectivity index (χ4v) is 4.71. The highest BCUT2D eigenvalue weighted by atomic mass is 35.5. The van der Waals surface area contributed by atoms with Gasteiger partial charge in [-0.25, -0.2) is 14.8 Å². The molecule has 1 aliphatic rings. The lowest BCUT2D eigenvalue weighted by Gasteiger charge is -2.35. The van der Waals surface area contributed by atoms with Gasteiger partial charge in [-0.05, 0) is 55.3 Å². The number of halogens is 6. The Kier molecular flexibility index (Phi) is 9.52. The van der Waals surface area contributed by atoms with Crippen LogP contribution in [0.2, 0.25) is 10.0 Å². The summed E-state index contributed by atoms with van der Waals surface area (Å²) in [7, 11) is 1.28. The number of alkyl halides is 3. The second-order valence-corrected chi connectivity index (χ2v) is 9.41. The molecule has 39 heavy (non-hydrogen) atoms. The number of nitrogens with two attached hydrogens (primary N) is 1. The maximum Gasteiger partial charge on any atom is 0.455 e.